The first-order valence-corrected chi connectivity index (χ1v) is 10.4. The highest BCUT2D eigenvalue weighted by Crippen LogP contribution is 2.35. The molecule has 2 atom stereocenters. The minimum absolute atomic E-state index is 0.0291. The molecule has 33 heavy (non-hydrogen) atoms. The largest absolute Gasteiger partial charge is 0.481 e. The van der Waals surface area contributed by atoms with Gasteiger partial charge < -0.3 is 10.4 Å². The highest BCUT2D eigenvalue weighted by molar-refractivity contribution is 6.34. The van der Waals surface area contributed by atoms with Gasteiger partial charge in [-0.1, -0.05) is 30.7 Å². The molecule has 176 valence electrons. The zero-order chi connectivity index (χ0) is 24.3. The quantitative estimate of drug-likeness (QED) is 0.507. The summed E-state index contributed by atoms with van der Waals surface area (Å²) in [5, 5.41) is 15.2. The molecule has 0 aliphatic carbocycles. The predicted molar refractivity (Wildman–Crippen MR) is 114 cm³/mol. The molecule has 1 aliphatic heterocycles. The molecule has 0 saturated carbocycles. The molecule has 0 spiro atoms. The van der Waals surface area contributed by atoms with E-state index in [4.69, 9.17) is 16.7 Å². The number of rotatable bonds is 2. The summed E-state index contributed by atoms with van der Waals surface area (Å²) < 4.78 is 53.7. The Balaban J connectivity index is 0.000000257. The van der Waals surface area contributed by atoms with Gasteiger partial charge >= 0.3 is 12.1 Å². The number of nitrogens with zero attached hydrogens (tertiary/aromatic N) is 2. The van der Waals surface area contributed by atoms with E-state index in [-0.39, 0.29) is 27.8 Å². The van der Waals surface area contributed by atoms with Gasteiger partial charge in [-0.05, 0) is 49.7 Å². The number of carbonyl (C=O) groups excluding carboxylic acids is 1. The number of carboxylic acid groups (broad SMARTS) is 1. The second kappa shape index (κ2) is 9.88. The fourth-order valence-corrected chi connectivity index (χ4v) is 3.90. The molecule has 3 aromatic rings. The average Bonchev–Trinajstić information content (AvgIpc) is 3.18. The Labute approximate surface area is 191 Å². The van der Waals surface area contributed by atoms with E-state index in [0.717, 1.165) is 43.9 Å². The SMILES string of the molecule is CC1CNCCC1C(=O)O.O=C(c1c(Cl)cccc1C(F)(F)F)n1ncc2c(F)cccc21. The summed E-state index contributed by atoms with van der Waals surface area (Å²) in [7, 11) is 0. The van der Waals surface area contributed by atoms with Crippen molar-refractivity contribution in [3.63, 3.8) is 0 Å². The molecule has 0 bridgehead atoms. The van der Waals surface area contributed by atoms with E-state index in [0.29, 0.717) is 4.68 Å². The number of benzene rings is 2. The standard InChI is InChI=1S/C15H7ClF4N2O.C7H13NO2/c16-10-4-1-3-9(15(18,19)20)13(10)14(23)22-12-6-2-5-11(17)8(12)7-21-22;1-5-4-8-3-2-6(5)7(9)10/h1-7H;5-6,8H,2-4H2,1H3,(H,9,10). The summed E-state index contributed by atoms with van der Waals surface area (Å²) in [6.45, 7) is 3.67. The minimum Gasteiger partial charge on any atom is -0.481 e. The Bertz CT molecular complexity index is 1180. The molecule has 2 N–H and O–H groups in total. The number of carboxylic acids is 1. The van der Waals surface area contributed by atoms with Crippen LogP contribution in [0.5, 0.6) is 0 Å². The topological polar surface area (TPSA) is 84.2 Å². The average molecular weight is 486 g/mol. The van der Waals surface area contributed by atoms with Crippen molar-refractivity contribution in [1.29, 1.82) is 0 Å². The monoisotopic (exact) mass is 485 g/mol. The number of nitrogens with one attached hydrogen (secondary N) is 1. The molecule has 0 amide bonds. The summed E-state index contributed by atoms with van der Waals surface area (Å²) >= 11 is 5.79. The highest BCUT2D eigenvalue weighted by Gasteiger charge is 2.37. The van der Waals surface area contributed by atoms with Crippen LogP contribution in [0.1, 0.15) is 29.3 Å². The van der Waals surface area contributed by atoms with Gasteiger partial charge in [-0.2, -0.15) is 23.0 Å². The smallest absolute Gasteiger partial charge is 0.417 e. The van der Waals surface area contributed by atoms with E-state index in [1.165, 1.54) is 18.2 Å². The van der Waals surface area contributed by atoms with Gasteiger partial charge in [-0.25, -0.2) is 4.39 Å². The normalized spacial score (nSPS) is 18.5. The fraction of sp³-hybridized carbons (Fsp3) is 0.318. The highest BCUT2D eigenvalue weighted by atomic mass is 35.5. The second-order valence-corrected chi connectivity index (χ2v) is 8.02. The number of hydrogen-bond acceptors (Lipinski definition) is 4. The number of aromatic nitrogens is 2. The molecular formula is C22H20ClF4N3O3. The van der Waals surface area contributed by atoms with E-state index < -0.39 is 35.0 Å². The number of alkyl halides is 3. The Kier molecular flexibility index (Phi) is 7.38. The van der Waals surface area contributed by atoms with Crippen molar-refractivity contribution in [2.24, 2.45) is 11.8 Å². The van der Waals surface area contributed by atoms with Crippen molar-refractivity contribution in [3.8, 4) is 0 Å². The van der Waals surface area contributed by atoms with Crippen LogP contribution in [-0.2, 0) is 11.0 Å². The number of piperidine rings is 1. The number of halogens is 5. The molecule has 11 heteroatoms. The molecule has 6 nitrogen and oxygen atoms in total. The fourth-order valence-electron chi connectivity index (χ4n) is 3.64. The molecule has 4 rings (SSSR count). The Morgan fingerprint density at radius 2 is 1.91 bits per heavy atom. The number of fused-ring (bicyclic) bond motifs is 1. The summed E-state index contributed by atoms with van der Waals surface area (Å²) in [5.74, 6) is -2.19. The van der Waals surface area contributed by atoms with E-state index in [2.05, 4.69) is 10.4 Å². The first kappa shape index (κ1) is 24.7. The van der Waals surface area contributed by atoms with Crippen LogP contribution in [0.4, 0.5) is 17.6 Å². The third-order valence-electron chi connectivity index (χ3n) is 5.39. The van der Waals surface area contributed by atoms with Crippen molar-refractivity contribution >= 4 is 34.4 Å². The summed E-state index contributed by atoms with van der Waals surface area (Å²) in [4.78, 5) is 23.1. The molecule has 0 radical (unpaired) electrons. The van der Waals surface area contributed by atoms with Gasteiger partial charge in [0.1, 0.15) is 5.82 Å². The van der Waals surface area contributed by atoms with E-state index in [9.17, 15) is 27.2 Å². The summed E-state index contributed by atoms with van der Waals surface area (Å²) in [6, 6.07) is 6.91. The number of hydrogen-bond donors (Lipinski definition) is 2. The van der Waals surface area contributed by atoms with Crippen LogP contribution in [0.15, 0.2) is 42.6 Å². The van der Waals surface area contributed by atoms with Gasteiger partial charge in [0.25, 0.3) is 5.91 Å². The van der Waals surface area contributed by atoms with Crippen LogP contribution < -0.4 is 5.32 Å². The van der Waals surface area contributed by atoms with Crippen LogP contribution >= 0.6 is 11.6 Å². The zero-order valence-corrected chi connectivity index (χ0v) is 18.1. The lowest BCUT2D eigenvalue weighted by molar-refractivity contribution is -0.144. The third-order valence-corrected chi connectivity index (χ3v) is 5.70. The van der Waals surface area contributed by atoms with E-state index in [1.54, 1.807) is 0 Å². The van der Waals surface area contributed by atoms with E-state index >= 15 is 0 Å². The second-order valence-electron chi connectivity index (χ2n) is 7.61. The van der Waals surface area contributed by atoms with Crippen molar-refractivity contribution in [3.05, 3.63) is 64.6 Å². The van der Waals surface area contributed by atoms with Gasteiger partial charge in [0.15, 0.2) is 0 Å². The van der Waals surface area contributed by atoms with Crippen molar-refractivity contribution < 1.29 is 32.3 Å². The van der Waals surface area contributed by atoms with Crippen LogP contribution in [0.3, 0.4) is 0 Å². The van der Waals surface area contributed by atoms with Gasteiger partial charge in [-0.3, -0.25) is 9.59 Å². The van der Waals surface area contributed by atoms with Crippen LogP contribution in [0, 0.1) is 17.7 Å². The molecule has 2 heterocycles. The van der Waals surface area contributed by atoms with Crippen LogP contribution in [0.25, 0.3) is 10.9 Å². The zero-order valence-electron chi connectivity index (χ0n) is 17.4. The summed E-state index contributed by atoms with van der Waals surface area (Å²) in [5.41, 5.74) is -1.84. The third kappa shape index (κ3) is 5.33. The number of aliphatic carboxylic acids is 1. The maximum Gasteiger partial charge on any atom is 0.417 e. The van der Waals surface area contributed by atoms with Gasteiger partial charge in [-0.15, -0.1) is 0 Å². The molecule has 1 saturated heterocycles. The molecule has 2 unspecified atom stereocenters. The lowest BCUT2D eigenvalue weighted by Crippen LogP contribution is -2.38. The minimum atomic E-state index is -4.76. The molecule has 2 aromatic carbocycles. The molecule has 1 aromatic heterocycles. The Morgan fingerprint density at radius 3 is 2.52 bits per heavy atom. The van der Waals surface area contributed by atoms with Crippen molar-refractivity contribution in [2.75, 3.05) is 13.1 Å². The van der Waals surface area contributed by atoms with Crippen molar-refractivity contribution in [2.45, 2.75) is 19.5 Å². The maximum absolute atomic E-state index is 13.6. The number of carbonyl (C=O) groups is 2. The van der Waals surface area contributed by atoms with Gasteiger partial charge in [0, 0.05) is 0 Å². The van der Waals surface area contributed by atoms with Crippen molar-refractivity contribution in [1.82, 2.24) is 15.1 Å². The van der Waals surface area contributed by atoms with Crippen LogP contribution in [0.2, 0.25) is 5.02 Å². The predicted octanol–water partition coefficient (Wildman–Crippen LogP) is 4.85. The lowest BCUT2D eigenvalue weighted by atomic mass is 9.88. The Hall–Kier alpha value is -2.98. The molecular weight excluding hydrogens is 466 g/mol. The molecule has 1 aliphatic rings. The summed E-state index contributed by atoms with van der Waals surface area (Å²) in [6.07, 6.45) is -2.91. The van der Waals surface area contributed by atoms with Gasteiger partial charge in [0.2, 0.25) is 0 Å². The first-order valence-electron chi connectivity index (χ1n) is 9.98. The van der Waals surface area contributed by atoms with Gasteiger partial charge in [0.05, 0.1) is 39.2 Å². The maximum atomic E-state index is 13.6. The molecule has 1 fully saturated rings. The first-order chi connectivity index (χ1) is 15.5. The van der Waals surface area contributed by atoms with Crippen LogP contribution in [-0.4, -0.2) is 39.9 Å². The lowest BCUT2D eigenvalue weighted by Gasteiger charge is -2.25. The Morgan fingerprint density at radius 1 is 1.21 bits per heavy atom. The van der Waals surface area contributed by atoms with E-state index in [1.807, 2.05) is 6.92 Å².